The number of nitrogens with zero attached hydrogens (tertiary/aromatic N) is 2. The minimum absolute atomic E-state index is 0.0197. The summed E-state index contributed by atoms with van der Waals surface area (Å²) in [4.78, 5) is 28.1. The number of carbonyl (C=O) groups is 2. The summed E-state index contributed by atoms with van der Waals surface area (Å²) in [6, 6.07) is 10.4. The van der Waals surface area contributed by atoms with Crippen LogP contribution in [0.15, 0.2) is 42.5 Å². The third-order valence-electron chi connectivity index (χ3n) is 5.54. The average Bonchev–Trinajstić information content (AvgIpc) is 2.79. The topological polar surface area (TPSA) is 86.8 Å². The lowest BCUT2D eigenvalue weighted by Crippen LogP contribution is -2.53. The van der Waals surface area contributed by atoms with Crippen LogP contribution in [0.3, 0.4) is 0 Å². The summed E-state index contributed by atoms with van der Waals surface area (Å²) in [5, 5.41) is 3.72. The first-order valence-corrected chi connectivity index (χ1v) is 14.1. The van der Waals surface area contributed by atoms with Crippen LogP contribution in [0, 0.1) is 0 Å². The van der Waals surface area contributed by atoms with Gasteiger partial charge in [0.25, 0.3) is 0 Å². The van der Waals surface area contributed by atoms with Crippen LogP contribution in [0.25, 0.3) is 0 Å². The summed E-state index contributed by atoms with van der Waals surface area (Å²) >= 11 is 18.7. The standard InChI is InChI=1S/C24H30Cl3N3O4S/c1-5-16(3)28-24(32)21(6-2)29(14-17-9-7-8-10-19(17)26)23(31)15-30(35(4,33)34)22-13-18(25)11-12-20(22)27/h7-13,16,21H,5-6,14-15H2,1-4H3,(H,28,32)/t16-,21+/m0/s1. The molecule has 0 aliphatic rings. The van der Waals surface area contributed by atoms with E-state index in [2.05, 4.69) is 5.32 Å². The van der Waals surface area contributed by atoms with E-state index in [1.807, 2.05) is 13.8 Å². The van der Waals surface area contributed by atoms with Gasteiger partial charge in [0.15, 0.2) is 0 Å². The van der Waals surface area contributed by atoms with Crippen molar-refractivity contribution in [3.05, 3.63) is 63.1 Å². The molecule has 0 bridgehead atoms. The SMILES string of the molecule is CC[C@H](C(=O)N[C@@H](C)CC)N(Cc1ccccc1Cl)C(=O)CN(c1cc(Cl)ccc1Cl)S(C)(=O)=O. The fourth-order valence-electron chi connectivity index (χ4n) is 3.44. The molecular weight excluding hydrogens is 533 g/mol. The minimum Gasteiger partial charge on any atom is -0.352 e. The molecule has 35 heavy (non-hydrogen) atoms. The number of anilines is 1. The third-order valence-corrected chi connectivity index (χ3v) is 7.59. The van der Waals surface area contributed by atoms with Crippen molar-refractivity contribution in [2.45, 2.75) is 52.2 Å². The molecule has 0 aliphatic heterocycles. The van der Waals surface area contributed by atoms with Gasteiger partial charge < -0.3 is 10.2 Å². The summed E-state index contributed by atoms with van der Waals surface area (Å²) in [5.41, 5.74) is 0.703. The molecule has 2 aromatic carbocycles. The average molecular weight is 563 g/mol. The van der Waals surface area contributed by atoms with E-state index in [4.69, 9.17) is 34.8 Å². The Morgan fingerprint density at radius 3 is 2.23 bits per heavy atom. The molecule has 1 N–H and O–H groups in total. The van der Waals surface area contributed by atoms with Gasteiger partial charge in [0.05, 0.1) is 17.0 Å². The number of halogens is 3. The summed E-state index contributed by atoms with van der Waals surface area (Å²) in [5.74, 6) is -0.911. The largest absolute Gasteiger partial charge is 0.352 e. The zero-order valence-corrected chi connectivity index (χ0v) is 23.2. The molecule has 7 nitrogen and oxygen atoms in total. The van der Waals surface area contributed by atoms with E-state index in [0.717, 1.165) is 17.0 Å². The van der Waals surface area contributed by atoms with Crippen LogP contribution in [-0.2, 0) is 26.2 Å². The van der Waals surface area contributed by atoms with Gasteiger partial charge in [-0.05, 0) is 49.6 Å². The van der Waals surface area contributed by atoms with Crippen molar-refractivity contribution in [2.24, 2.45) is 0 Å². The molecule has 0 saturated carbocycles. The van der Waals surface area contributed by atoms with Crippen LogP contribution in [-0.4, -0.2) is 50.0 Å². The fourth-order valence-corrected chi connectivity index (χ4v) is 4.93. The van der Waals surface area contributed by atoms with Gasteiger partial charge in [-0.15, -0.1) is 0 Å². The zero-order valence-electron chi connectivity index (χ0n) is 20.1. The molecule has 2 aromatic rings. The Hall–Kier alpha value is -2.00. The number of rotatable bonds is 11. The zero-order chi connectivity index (χ0) is 26.3. The maximum atomic E-state index is 13.7. The van der Waals surface area contributed by atoms with Crippen LogP contribution in [0.2, 0.25) is 15.1 Å². The van der Waals surface area contributed by atoms with Crippen molar-refractivity contribution in [3.63, 3.8) is 0 Å². The smallest absolute Gasteiger partial charge is 0.244 e. The fraction of sp³-hybridized carbons (Fsp3) is 0.417. The van der Waals surface area contributed by atoms with E-state index in [1.54, 1.807) is 31.2 Å². The normalized spacial score (nSPS) is 13.1. The van der Waals surface area contributed by atoms with Gasteiger partial charge in [0.1, 0.15) is 12.6 Å². The van der Waals surface area contributed by atoms with Gasteiger partial charge >= 0.3 is 0 Å². The Morgan fingerprint density at radius 1 is 1.00 bits per heavy atom. The Labute approximate surface area is 222 Å². The monoisotopic (exact) mass is 561 g/mol. The van der Waals surface area contributed by atoms with Gasteiger partial charge in [0, 0.05) is 22.6 Å². The molecule has 192 valence electrons. The number of carbonyl (C=O) groups excluding carboxylic acids is 2. The van der Waals surface area contributed by atoms with Crippen LogP contribution in [0.5, 0.6) is 0 Å². The van der Waals surface area contributed by atoms with E-state index in [1.165, 1.54) is 23.1 Å². The summed E-state index contributed by atoms with van der Waals surface area (Å²) in [6.45, 7) is 5.05. The summed E-state index contributed by atoms with van der Waals surface area (Å²) in [6.07, 6.45) is 2.01. The first-order valence-electron chi connectivity index (χ1n) is 11.1. The predicted molar refractivity (Wildman–Crippen MR) is 143 cm³/mol. The first-order chi connectivity index (χ1) is 16.4. The van der Waals surface area contributed by atoms with E-state index in [9.17, 15) is 18.0 Å². The molecule has 0 aromatic heterocycles. The summed E-state index contributed by atoms with van der Waals surface area (Å²) < 4.78 is 26.2. The lowest BCUT2D eigenvalue weighted by Gasteiger charge is -2.33. The minimum atomic E-state index is -3.93. The highest BCUT2D eigenvalue weighted by Gasteiger charge is 2.33. The number of hydrogen-bond acceptors (Lipinski definition) is 4. The van der Waals surface area contributed by atoms with E-state index >= 15 is 0 Å². The molecule has 2 atom stereocenters. The number of benzene rings is 2. The molecule has 0 fully saturated rings. The highest BCUT2D eigenvalue weighted by molar-refractivity contribution is 7.92. The molecule has 11 heteroatoms. The Bertz CT molecular complexity index is 1160. The maximum absolute atomic E-state index is 13.7. The molecule has 0 heterocycles. The van der Waals surface area contributed by atoms with Crippen molar-refractivity contribution in [1.29, 1.82) is 0 Å². The molecule has 0 radical (unpaired) electrons. The molecule has 2 rings (SSSR count). The number of nitrogens with one attached hydrogen (secondary N) is 1. The molecule has 0 saturated heterocycles. The van der Waals surface area contributed by atoms with Crippen molar-refractivity contribution in [1.82, 2.24) is 10.2 Å². The Balaban J connectivity index is 2.50. The first kappa shape index (κ1) is 29.2. The van der Waals surface area contributed by atoms with E-state index < -0.39 is 28.5 Å². The second kappa shape index (κ2) is 12.8. The maximum Gasteiger partial charge on any atom is 0.244 e. The molecule has 0 aliphatic carbocycles. The van der Waals surface area contributed by atoms with Crippen molar-refractivity contribution < 1.29 is 18.0 Å². The van der Waals surface area contributed by atoms with Gasteiger partial charge in [-0.1, -0.05) is 66.8 Å². The molecular formula is C24H30Cl3N3O4S. The quantitative estimate of drug-likeness (QED) is 0.411. The summed E-state index contributed by atoms with van der Waals surface area (Å²) in [7, 11) is -3.93. The van der Waals surface area contributed by atoms with Crippen molar-refractivity contribution in [3.8, 4) is 0 Å². The number of sulfonamides is 1. The van der Waals surface area contributed by atoms with Gasteiger partial charge in [-0.3, -0.25) is 13.9 Å². The Morgan fingerprint density at radius 2 is 1.66 bits per heavy atom. The predicted octanol–water partition coefficient (Wildman–Crippen LogP) is 5.13. The molecule has 0 spiro atoms. The van der Waals surface area contributed by atoms with E-state index in [-0.39, 0.29) is 34.2 Å². The van der Waals surface area contributed by atoms with Crippen LogP contribution in [0.1, 0.15) is 39.2 Å². The second-order valence-electron chi connectivity index (χ2n) is 8.22. The third kappa shape index (κ3) is 8.00. The Kier molecular flexibility index (Phi) is 10.7. The number of hydrogen-bond donors (Lipinski definition) is 1. The second-order valence-corrected chi connectivity index (χ2v) is 11.4. The van der Waals surface area contributed by atoms with Crippen LogP contribution >= 0.6 is 34.8 Å². The van der Waals surface area contributed by atoms with Gasteiger partial charge in [0.2, 0.25) is 21.8 Å². The lowest BCUT2D eigenvalue weighted by molar-refractivity contribution is -0.140. The lowest BCUT2D eigenvalue weighted by atomic mass is 10.1. The highest BCUT2D eigenvalue weighted by atomic mass is 35.5. The highest BCUT2D eigenvalue weighted by Crippen LogP contribution is 2.31. The van der Waals surface area contributed by atoms with Gasteiger partial charge in [-0.2, -0.15) is 0 Å². The van der Waals surface area contributed by atoms with Crippen molar-refractivity contribution in [2.75, 3.05) is 17.1 Å². The van der Waals surface area contributed by atoms with E-state index in [0.29, 0.717) is 17.0 Å². The van der Waals surface area contributed by atoms with Crippen LogP contribution in [0.4, 0.5) is 5.69 Å². The number of amides is 2. The van der Waals surface area contributed by atoms with Crippen molar-refractivity contribution >= 4 is 62.3 Å². The molecule has 0 unspecified atom stereocenters. The molecule has 2 amide bonds. The van der Waals surface area contributed by atoms with Gasteiger partial charge in [-0.25, -0.2) is 8.42 Å². The van der Waals surface area contributed by atoms with Crippen LogP contribution < -0.4 is 9.62 Å².